The van der Waals surface area contributed by atoms with Crippen molar-refractivity contribution >= 4 is 27.6 Å². The van der Waals surface area contributed by atoms with Gasteiger partial charge in [0.25, 0.3) is 0 Å². The maximum absolute atomic E-state index is 12.3. The smallest absolute Gasteiger partial charge is 0.306 e. The van der Waals surface area contributed by atoms with Gasteiger partial charge in [-0.3, -0.25) is 4.79 Å². The first-order chi connectivity index (χ1) is 8.78. The third-order valence-corrected chi connectivity index (χ3v) is 4.93. The molecule has 0 spiro atoms. The number of hydrogen-bond donors (Lipinski definition) is 0. The zero-order valence-electron chi connectivity index (χ0n) is 11.0. The monoisotopic (exact) mass is 305 g/mol. The van der Waals surface area contributed by atoms with Crippen molar-refractivity contribution in [2.24, 2.45) is 0 Å². The number of aryl methyl sites for hydroxylation is 1. The van der Waals surface area contributed by atoms with Gasteiger partial charge in [0.1, 0.15) is 0 Å². The Labute approximate surface area is 118 Å². The van der Waals surface area contributed by atoms with E-state index in [4.69, 9.17) is 11.6 Å². The van der Waals surface area contributed by atoms with Crippen molar-refractivity contribution in [2.45, 2.75) is 18.2 Å². The summed E-state index contributed by atoms with van der Waals surface area (Å²) in [7, 11) is -0.978. The van der Waals surface area contributed by atoms with Crippen LogP contribution >= 0.6 is 11.6 Å². The first kappa shape index (κ1) is 15.9. The van der Waals surface area contributed by atoms with Crippen LogP contribution in [0.4, 0.5) is 0 Å². The number of methoxy groups -OCH3 is 1. The van der Waals surface area contributed by atoms with Gasteiger partial charge in [-0.1, -0.05) is 17.7 Å². The molecule has 0 aliphatic rings. The number of carbonyl (C=O) groups is 1. The van der Waals surface area contributed by atoms with Crippen LogP contribution in [0.25, 0.3) is 0 Å². The Morgan fingerprint density at radius 2 is 2.05 bits per heavy atom. The summed E-state index contributed by atoms with van der Waals surface area (Å²) in [6, 6.07) is 4.68. The molecule has 0 bridgehead atoms. The third kappa shape index (κ3) is 3.92. The standard InChI is InChI=1S/C12H16ClNO4S/c1-9-4-5-10(13)8-11(9)19(16,17)14(2)7-6-12(15)18-3/h4-5,8H,6-7H2,1-3H3. The van der Waals surface area contributed by atoms with Crippen LogP contribution in [-0.2, 0) is 19.6 Å². The van der Waals surface area contributed by atoms with Crippen LogP contribution in [0.5, 0.6) is 0 Å². The lowest BCUT2D eigenvalue weighted by Crippen LogP contribution is -2.30. The zero-order valence-corrected chi connectivity index (χ0v) is 12.6. The molecule has 0 saturated heterocycles. The molecule has 0 radical (unpaired) electrons. The number of esters is 1. The number of rotatable bonds is 5. The number of nitrogens with zero attached hydrogens (tertiary/aromatic N) is 1. The number of hydrogen-bond acceptors (Lipinski definition) is 4. The number of sulfonamides is 1. The van der Waals surface area contributed by atoms with E-state index in [0.29, 0.717) is 10.6 Å². The number of carbonyl (C=O) groups excluding carboxylic acids is 1. The van der Waals surface area contributed by atoms with Gasteiger partial charge in [0.15, 0.2) is 0 Å². The second kappa shape index (κ2) is 6.36. The average molecular weight is 306 g/mol. The summed E-state index contributed by atoms with van der Waals surface area (Å²) < 4.78 is 30.2. The Kier molecular flexibility index (Phi) is 5.34. The molecule has 0 atom stereocenters. The molecule has 0 aromatic heterocycles. The Hall–Kier alpha value is -1.11. The van der Waals surface area contributed by atoms with Crippen molar-refractivity contribution in [3.63, 3.8) is 0 Å². The zero-order chi connectivity index (χ0) is 14.6. The van der Waals surface area contributed by atoms with Gasteiger partial charge in [0.05, 0.1) is 18.4 Å². The molecule has 0 aliphatic heterocycles. The van der Waals surface area contributed by atoms with Crippen molar-refractivity contribution in [2.75, 3.05) is 20.7 Å². The second-order valence-corrected chi connectivity index (χ2v) is 6.51. The van der Waals surface area contributed by atoms with Gasteiger partial charge in [-0.2, -0.15) is 0 Å². The minimum absolute atomic E-state index is 0.00580. The van der Waals surface area contributed by atoms with Crippen molar-refractivity contribution in [3.05, 3.63) is 28.8 Å². The SMILES string of the molecule is COC(=O)CCN(C)S(=O)(=O)c1cc(Cl)ccc1C. The molecule has 1 rings (SSSR count). The molecular weight excluding hydrogens is 290 g/mol. The molecule has 106 valence electrons. The van der Waals surface area contributed by atoms with Crippen LogP contribution < -0.4 is 0 Å². The highest BCUT2D eigenvalue weighted by molar-refractivity contribution is 7.89. The average Bonchev–Trinajstić information content (AvgIpc) is 2.37. The minimum Gasteiger partial charge on any atom is -0.469 e. The van der Waals surface area contributed by atoms with Gasteiger partial charge < -0.3 is 4.74 Å². The van der Waals surface area contributed by atoms with Crippen LogP contribution in [0.15, 0.2) is 23.1 Å². The lowest BCUT2D eigenvalue weighted by Gasteiger charge is -2.18. The van der Waals surface area contributed by atoms with E-state index in [9.17, 15) is 13.2 Å². The van der Waals surface area contributed by atoms with Gasteiger partial charge in [0.2, 0.25) is 10.0 Å². The van der Waals surface area contributed by atoms with Crippen LogP contribution in [0, 0.1) is 6.92 Å². The first-order valence-corrected chi connectivity index (χ1v) is 7.40. The van der Waals surface area contributed by atoms with Gasteiger partial charge in [-0.05, 0) is 24.6 Å². The van der Waals surface area contributed by atoms with E-state index >= 15 is 0 Å². The van der Waals surface area contributed by atoms with Crippen LogP contribution in [0.3, 0.4) is 0 Å². The number of ether oxygens (including phenoxy) is 1. The number of halogens is 1. The van der Waals surface area contributed by atoms with Gasteiger partial charge in [-0.15, -0.1) is 0 Å². The lowest BCUT2D eigenvalue weighted by molar-refractivity contribution is -0.140. The summed E-state index contributed by atoms with van der Waals surface area (Å²) in [5, 5.41) is 0.352. The molecule has 7 heteroatoms. The summed E-state index contributed by atoms with van der Waals surface area (Å²) >= 11 is 5.82. The van der Waals surface area contributed by atoms with Crippen molar-refractivity contribution in [1.82, 2.24) is 4.31 Å². The molecule has 0 amide bonds. The molecule has 1 aromatic rings. The Morgan fingerprint density at radius 1 is 1.42 bits per heavy atom. The van der Waals surface area contributed by atoms with E-state index in [1.807, 2.05) is 0 Å². The second-order valence-electron chi connectivity index (χ2n) is 4.06. The van der Waals surface area contributed by atoms with Gasteiger partial charge in [-0.25, -0.2) is 12.7 Å². The molecule has 1 aromatic carbocycles. The van der Waals surface area contributed by atoms with E-state index in [2.05, 4.69) is 4.74 Å². The molecule has 0 heterocycles. The summed E-state index contributed by atoms with van der Waals surface area (Å²) in [6.07, 6.45) is 0.00580. The summed E-state index contributed by atoms with van der Waals surface area (Å²) in [4.78, 5) is 11.2. The minimum atomic E-state index is -3.65. The molecule has 0 N–H and O–H groups in total. The van der Waals surface area contributed by atoms with E-state index in [-0.39, 0.29) is 17.9 Å². The maximum Gasteiger partial charge on any atom is 0.306 e. The topological polar surface area (TPSA) is 63.7 Å². The molecule has 19 heavy (non-hydrogen) atoms. The molecule has 0 fully saturated rings. The van der Waals surface area contributed by atoms with E-state index < -0.39 is 16.0 Å². The normalized spacial score (nSPS) is 11.6. The van der Waals surface area contributed by atoms with E-state index in [1.165, 1.54) is 20.2 Å². The highest BCUT2D eigenvalue weighted by atomic mass is 35.5. The lowest BCUT2D eigenvalue weighted by atomic mass is 10.2. The van der Waals surface area contributed by atoms with E-state index in [1.54, 1.807) is 19.1 Å². The van der Waals surface area contributed by atoms with Crippen LogP contribution in [-0.4, -0.2) is 39.4 Å². The van der Waals surface area contributed by atoms with Gasteiger partial charge >= 0.3 is 5.97 Å². The summed E-state index contributed by atoms with van der Waals surface area (Å²) in [5.74, 6) is -0.454. The predicted molar refractivity (Wildman–Crippen MR) is 72.6 cm³/mol. The predicted octanol–water partition coefficient (Wildman–Crippen LogP) is 1.83. The molecule has 0 saturated carbocycles. The summed E-state index contributed by atoms with van der Waals surface area (Å²) in [6.45, 7) is 1.75. The quantitative estimate of drug-likeness (QED) is 0.779. The number of benzene rings is 1. The van der Waals surface area contributed by atoms with Crippen molar-refractivity contribution in [1.29, 1.82) is 0 Å². The first-order valence-electron chi connectivity index (χ1n) is 5.58. The fourth-order valence-corrected chi connectivity index (χ4v) is 3.15. The third-order valence-electron chi connectivity index (χ3n) is 2.70. The van der Waals surface area contributed by atoms with Gasteiger partial charge in [0, 0.05) is 18.6 Å². The molecule has 0 unspecified atom stereocenters. The summed E-state index contributed by atoms with van der Waals surface area (Å²) in [5.41, 5.74) is 0.606. The molecule has 5 nitrogen and oxygen atoms in total. The highest BCUT2D eigenvalue weighted by Gasteiger charge is 2.23. The van der Waals surface area contributed by atoms with Crippen LogP contribution in [0.1, 0.15) is 12.0 Å². The van der Waals surface area contributed by atoms with E-state index in [0.717, 1.165) is 4.31 Å². The fourth-order valence-electron chi connectivity index (χ4n) is 1.49. The fraction of sp³-hybridized carbons (Fsp3) is 0.417. The molecular formula is C12H16ClNO4S. The van der Waals surface area contributed by atoms with Crippen molar-refractivity contribution < 1.29 is 17.9 Å². The Bertz CT molecular complexity index is 571. The largest absolute Gasteiger partial charge is 0.469 e. The van der Waals surface area contributed by atoms with Crippen molar-refractivity contribution in [3.8, 4) is 0 Å². The maximum atomic E-state index is 12.3. The van der Waals surface area contributed by atoms with Crippen LogP contribution in [0.2, 0.25) is 5.02 Å². The molecule has 0 aliphatic carbocycles. The Balaban J connectivity index is 2.97. The Morgan fingerprint density at radius 3 is 2.63 bits per heavy atom. The highest BCUT2D eigenvalue weighted by Crippen LogP contribution is 2.22.